The second kappa shape index (κ2) is 4.56. The normalized spacial score (nSPS) is 49.3. The standard InChI is InChI=1S/C7H13IO6/c8-7(2-10)6(13)5(12)4(11)3(1-9)14-7/h3-6,9-13H,1-2H2/t3-,4-,5+,6+,7-/m1/s1/i8+4. The number of hydrogen-bond acceptors (Lipinski definition) is 6. The Labute approximate surface area is 94.3 Å². The quantitative estimate of drug-likeness (QED) is 0.286. The van der Waals surface area contributed by atoms with Crippen molar-refractivity contribution in [3.63, 3.8) is 0 Å². The monoisotopic (exact) mass is 324 g/mol. The first kappa shape index (κ1) is 12.6. The van der Waals surface area contributed by atoms with E-state index in [0.29, 0.717) is 0 Å². The number of halogens is 1. The maximum Gasteiger partial charge on any atom is 0.170 e. The van der Waals surface area contributed by atoms with Crippen LogP contribution in [0.4, 0.5) is 0 Å². The van der Waals surface area contributed by atoms with Gasteiger partial charge in [-0.15, -0.1) is 0 Å². The van der Waals surface area contributed by atoms with Crippen molar-refractivity contribution in [2.24, 2.45) is 0 Å². The summed E-state index contributed by atoms with van der Waals surface area (Å²) in [6, 6.07) is 0. The topological polar surface area (TPSA) is 110 Å². The molecular weight excluding hydrogens is 311 g/mol. The van der Waals surface area contributed by atoms with Crippen LogP contribution in [0.15, 0.2) is 0 Å². The van der Waals surface area contributed by atoms with E-state index in [2.05, 4.69) is 0 Å². The maximum atomic E-state index is 9.50. The summed E-state index contributed by atoms with van der Waals surface area (Å²) in [5.41, 5.74) is 0. The van der Waals surface area contributed by atoms with Crippen molar-refractivity contribution in [1.29, 1.82) is 0 Å². The molecule has 1 saturated heterocycles. The van der Waals surface area contributed by atoms with Gasteiger partial charge in [-0.1, -0.05) is 0 Å². The van der Waals surface area contributed by atoms with E-state index < -0.39 is 41.2 Å². The molecule has 14 heavy (non-hydrogen) atoms. The highest BCUT2D eigenvalue weighted by Crippen LogP contribution is 2.34. The van der Waals surface area contributed by atoms with Gasteiger partial charge in [0.2, 0.25) is 0 Å². The predicted molar refractivity (Wildman–Crippen MR) is 53.8 cm³/mol. The molecule has 0 bridgehead atoms. The third-order valence-corrected chi connectivity index (χ3v) is 3.47. The van der Waals surface area contributed by atoms with Gasteiger partial charge in [0.15, 0.2) is 3.61 Å². The molecule has 6 nitrogen and oxygen atoms in total. The number of rotatable bonds is 2. The van der Waals surface area contributed by atoms with Gasteiger partial charge in [-0.25, -0.2) is 0 Å². The van der Waals surface area contributed by atoms with Gasteiger partial charge in [0.1, 0.15) is 24.4 Å². The summed E-state index contributed by atoms with van der Waals surface area (Å²) in [5.74, 6) is 0. The van der Waals surface area contributed by atoms with Crippen LogP contribution < -0.4 is 0 Å². The summed E-state index contributed by atoms with van der Waals surface area (Å²) in [6.07, 6.45) is -5.20. The molecule has 1 fully saturated rings. The van der Waals surface area contributed by atoms with Gasteiger partial charge in [0, 0.05) is 0 Å². The van der Waals surface area contributed by atoms with Crippen LogP contribution >= 0.6 is 22.6 Å². The molecule has 0 aliphatic carbocycles. The van der Waals surface area contributed by atoms with E-state index in [1.165, 1.54) is 0 Å². The highest BCUT2D eigenvalue weighted by molar-refractivity contribution is 14.1. The number of alkyl halides is 1. The van der Waals surface area contributed by atoms with Gasteiger partial charge >= 0.3 is 0 Å². The van der Waals surface area contributed by atoms with Crippen molar-refractivity contribution >= 4 is 22.6 Å². The van der Waals surface area contributed by atoms with Crippen molar-refractivity contribution in [2.45, 2.75) is 28.0 Å². The molecule has 1 heterocycles. The lowest BCUT2D eigenvalue weighted by atomic mass is 9.95. The minimum Gasteiger partial charge on any atom is -0.394 e. The molecule has 0 amide bonds. The smallest absolute Gasteiger partial charge is 0.170 e. The van der Waals surface area contributed by atoms with Crippen LogP contribution in [0.5, 0.6) is 0 Å². The van der Waals surface area contributed by atoms with E-state index in [1.54, 1.807) is 22.6 Å². The van der Waals surface area contributed by atoms with Crippen LogP contribution in [0.25, 0.3) is 0 Å². The zero-order valence-corrected chi connectivity index (χ0v) is 9.40. The summed E-state index contributed by atoms with van der Waals surface area (Å²) in [6.45, 7) is -1.01. The number of aliphatic hydroxyl groups is 5. The van der Waals surface area contributed by atoms with Crippen LogP contribution in [0.1, 0.15) is 0 Å². The van der Waals surface area contributed by atoms with Crippen LogP contribution in [0.2, 0.25) is 0 Å². The second-order valence-corrected chi connectivity index (χ2v) is 5.04. The van der Waals surface area contributed by atoms with Gasteiger partial charge in [-0.3, -0.25) is 0 Å². The Kier molecular flexibility index (Phi) is 4.09. The van der Waals surface area contributed by atoms with E-state index in [1.807, 2.05) is 0 Å². The molecule has 7 heteroatoms. The van der Waals surface area contributed by atoms with Gasteiger partial charge in [0.05, 0.1) is 13.2 Å². The van der Waals surface area contributed by atoms with Crippen molar-refractivity contribution < 1.29 is 30.3 Å². The molecule has 0 aromatic carbocycles. The highest BCUT2D eigenvalue weighted by Gasteiger charge is 2.51. The molecule has 0 aromatic heterocycles. The molecule has 0 aromatic rings. The van der Waals surface area contributed by atoms with E-state index >= 15 is 0 Å². The summed E-state index contributed by atoms with van der Waals surface area (Å²) >= 11 is 1.64. The minimum atomic E-state index is -1.44. The lowest BCUT2D eigenvalue weighted by Gasteiger charge is -2.44. The molecule has 5 N–H and O–H groups in total. The molecule has 0 spiro atoms. The zero-order chi connectivity index (χ0) is 10.9. The Bertz CT molecular complexity index is 201. The molecule has 84 valence electrons. The SMILES string of the molecule is OC[C@H]1O[C@]([131I])(CO)[C@@H](O)[C@@H](O)[C@@H]1O. The average molecular weight is 324 g/mol. The first-order valence-corrected chi connectivity index (χ1v) is 5.17. The summed E-state index contributed by atoms with van der Waals surface area (Å²) in [7, 11) is 0. The molecular formula is C7H13IO6. The zero-order valence-electron chi connectivity index (χ0n) is 7.25. The van der Waals surface area contributed by atoms with Crippen molar-refractivity contribution in [2.75, 3.05) is 13.2 Å². The second-order valence-electron chi connectivity index (χ2n) is 3.21. The summed E-state index contributed by atoms with van der Waals surface area (Å²) in [4.78, 5) is 0. The molecule has 0 unspecified atom stereocenters. The fourth-order valence-electron chi connectivity index (χ4n) is 1.33. The third kappa shape index (κ3) is 2.03. The highest BCUT2D eigenvalue weighted by atomic mass is 131. The minimum absolute atomic E-state index is 0.490. The van der Waals surface area contributed by atoms with Crippen LogP contribution in [0.3, 0.4) is 0 Å². The van der Waals surface area contributed by atoms with Crippen LogP contribution in [0, 0.1) is 0 Å². The Balaban J connectivity index is 2.84. The summed E-state index contributed by atoms with van der Waals surface area (Å²) in [5, 5.41) is 46.1. The van der Waals surface area contributed by atoms with Crippen LogP contribution in [-0.4, -0.2) is 66.8 Å². The van der Waals surface area contributed by atoms with E-state index in [0.717, 1.165) is 0 Å². The predicted octanol–water partition coefficient (Wildman–Crippen LogP) is -2.42. The molecule has 0 saturated carbocycles. The number of aliphatic hydroxyl groups excluding tert-OH is 5. The first-order chi connectivity index (χ1) is 6.46. The molecule has 5 atom stereocenters. The van der Waals surface area contributed by atoms with E-state index in [9.17, 15) is 15.3 Å². The summed E-state index contributed by atoms with van der Waals surface area (Å²) < 4.78 is 3.71. The molecule has 1 aliphatic rings. The molecule has 1 aliphatic heterocycles. The Morgan fingerprint density at radius 1 is 1.14 bits per heavy atom. The van der Waals surface area contributed by atoms with Gasteiger partial charge in [-0.05, 0) is 22.6 Å². The largest absolute Gasteiger partial charge is 0.394 e. The average Bonchev–Trinajstić information content (AvgIpc) is 2.20. The van der Waals surface area contributed by atoms with Crippen molar-refractivity contribution in [1.82, 2.24) is 0 Å². The van der Waals surface area contributed by atoms with E-state index in [4.69, 9.17) is 14.9 Å². The van der Waals surface area contributed by atoms with Gasteiger partial charge in [-0.2, -0.15) is 0 Å². The first-order valence-electron chi connectivity index (χ1n) is 4.09. The van der Waals surface area contributed by atoms with Crippen LogP contribution in [-0.2, 0) is 4.74 Å². The fraction of sp³-hybridized carbons (Fsp3) is 1.00. The number of ether oxygens (including phenoxy) is 1. The molecule has 0 radical (unpaired) electrons. The third-order valence-electron chi connectivity index (χ3n) is 2.24. The lowest BCUT2D eigenvalue weighted by molar-refractivity contribution is -0.242. The van der Waals surface area contributed by atoms with Crippen molar-refractivity contribution in [3.8, 4) is 0 Å². The van der Waals surface area contributed by atoms with Crippen molar-refractivity contribution in [3.05, 3.63) is 0 Å². The van der Waals surface area contributed by atoms with E-state index in [-0.39, 0.29) is 0 Å². The fourth-order valence-corrected chi connectivity index (χ4v) is 2.02. The Hall–Kier alpha value is 0.490. The Morgan fingerprint density at radius 2 is 1.71 bits per heavy atom. The lowest BCUT2D eigenvalue weighted by Crippen LogP contribution is -2.63. The maximum absolute atomic E-state index is 9.50. The Morgan fingerprint density at radius 3 is 2.14 bits per heavy atom. The van der Waals surface area contributed by atoms with Gasteiger partial charge in [0.25, 0.3) is 0 Å². The van der Waals surface area contributed by atoms with Gasteiger partial charge < -0.3 is 30.3 Å². The molecule has 1 rings (SSSR count). The number of hydrogen-bond donors (Lipinski definition) is 5.